The Hall–Kier alpha value is -0.680. The summed E-state index contributed by atoms with van der Waals surface area (Å²) in [4.78, 5) is 2.19. The molecular formula is C14H22ClFN2O. The minimum atomic E-state index is -0.305. The van der Waals surface area contributed by atoms with Gasteiger partial charge in [0.25, 0.3) is 0 Å². The van der Waals surface area contributed by atoms with E-state index in [2.05, 4.69) is 17.3 Å². The van der Waals surface area contributed by atoms with Crippen LogP contribution < -0.4 is 5.32 Å². The van der Waals surface area contributed by atoms with E-state index in [1.807, 2.05) is 6.92 Å². The van der Waals surface area contributed by atoms with E-state index in [1.54, 1.807) is 13.2 Å². The molecule has 19 heavy (non-hydrogen) atoms. The number of nitrogens with zero attached hydrogens (tertiary/aromatic N) is 1. The van der Waals surface area contributed by atoms with Crippen LogP contribution in [-0.2, 0) is 4.74 Å². The van der Waals surface area contributed by atoms with E-state index in [9.17, 15) is 4.39 Å². The first kappa shape index (κ1) is 16.4. The monoisotopic (exact) mass is 288 g/mol. The summed E-state index contributed by atoms with van der Waals surface area (Å²) in [5.74, 6) is -0.305. The van der Waals surface area contributed by atoms with Gasteiger partial charge in [-0.2, -0.15) is 0 Å². The van der Waals surface area contributed by atoms with Gasteiger partial charge in [0.1, 0.15) is 5.82 Å². The molecule has 0 amide bonds. The third-order valence-electron chi connectivity index (χ3n) is 3.05. The first-order valence-electron chi connectivity index (χ1n) is 6.40. The zero-order chi connectivity index (χ0) is 14.3. The maximum absolute atomic E-state index is 13.0. The van der Waals surface area contributed by atoms with Crippen molar-refractivity contribution in [2.75, 3.05) is 40.4 Å². The van der Waals surface area contributed by atoms with Crippen molar-refractivity contribution in [3.8, 4) is 0 Å². The van der Waals surface area contributed by atoms with Crippen LogP contribution >= 0.6 is 11.6 Å². The Balaban J connectivity index is 2.36. The average Bonchev–Trinajstić information content (AvgIpc) is 2.36. The van der Waals surface area contributed by atoms with Crippen molar-refractivity contribution in [1.82, 2.24) is 10.2 Å². The molecule has 1 N–H and O–H groups in total. The molecule has 0 saturated heterocycles. The van der Waals surface area contributed by atoms with Crippen LogP contribution in [0.5, 0.6) is 0 Å². The molecule has 0 aliphatic heterocycles. The lowest BCUT2D eigenvalue weighted by molar-refractivity contribution is 0.161. The van der Waals surface area contributed by atoms with E-state index in [0.29, 0.717) is 5.02 Å². The van der Waals surface area contributed by atoms with Gasteiger partial charge in [-0.25, -0.2) is 4.39 Å². The second kappa shape index (κ2) is 8.48. The largest absolute Gasteiger partial charge is 0.383 e. The van der Waals surface area contributed by atoms with E-state index >= 15 is 0 Å². The van der Waals surface area contributed by atoms with Gasteiger partial charge in [-0.05, 0) is 31.7 Å². The van der Waals surface area contributed by atoms with Crippen LogP contribution in [0.1, 0.15) is 18.5 Å². The van der Waals surface area contributed by atoms with Crippen molar-refractivity contribution in [2.45, 2.75) is 13.0 Å². The molecule has 0 aromatic heterocycles. The molecular weight excluding hydrogens is 267 g/mol. The second-order valence-electron chi connectivity index (χ2n) is 4.64. The molecule has 5 heteroatoms. The zero-order valence-corrected chi connectivity index (χ0v) is 12.5. The molecule has 1 aromatic rings. The predicted molar refractivity (Wildman–Crippen MR) is 77.2 cm³/mol. The van der Waals surface area contributed by atoms with Gasteiger partial charge < -0.3 is 15.0 Å². The van der Waals surface area contributed by atoms with Crippen LogP contribution in [0, 0.1) is 5.82 Å². The number of nitrogens with one attached hydrogen (secondary N) is 1. The predicted octanol–water partition coefficient (Wildman–Crippen LogP) is 2.71. The lowest BCUT2D eigenvalue weighted by atomic mass is 10.1. The zero-order valence-electron chi connectivity index (χ0n) is 11.7. The highest BCUT2D eigenvalue weighted by Crippen LogP contribution is 2.23. The molecule has 1 unspecified atom stereocenters. The van der Waals surface area contributed by atoms with Crippen molar-refractivity contribution in [3.05, 3.63) is 34.6 Å². The highest BCUT2D eigenvalue weighted by Gasteiger charge is 2.10. The molecule has 1 atom stereocenters. The molecule has 0 radical (unpaired) electrons. The summed E-state index contributed by atoms with van der Waals surface area (Å²) in [6, 6.07) is 4.61. The van der Waals surface area contributed by atoms with Gasteiger partial charge in [-0.15, -0.1) is 0 Å². The third kappa shape index (κ3) is 5.87. The lowest BCUT2D eigenvalue weighted by Gasteiger charge is -2.20. The van der Waals surface area contributed by atoms with Gasteiger partial charge in [0.2, 0.25) is 0 Å². The Bertz CT molecular complexity index is 390. The summed E-state index contributed by atoms with van der Waals surface area (Å²) in [6.45, 7) is 5.43. The summed E-state index contributed by atoms with van der Waals surface area (Å²) < 4.78 is 18.0. The Morgan fingerprint density at radius 2 is 2.16 bits per heavy atom. The molecule has 0 fully saturated rings. The number of methoxy groups -OCH3 is 1. The Labute approximate surface area is 119 Å². The minimum absolute atomic E-state index is 0.101. The van der Waals surface area contributed by atoms with E-state index < -0.39 is 0 Å². The number of hydrogen-bond donors (Lipinski definition) is 1. The highest BCUT2D eigenvalue weighted by molar-refractivity contribution is 6.31. The van der Waals surface area contributed by atoms with Crippen LogP contribution in [0.25, 0.3) is 0 Å². The van der Waals surface area contributed by atoms with Crippen molar-refractivity contribution >= 4 is 11.6 Å². The van der Waals surface area contributed by atoms with Gasteiger partial charge in [0, 0.05) is 37.8 Å². The van der Waals surface area contributed by atoms with Gasteiger partial charge in [0.05, 0.1) is 6.61 Å². The van der Waals surface area contributed by atoms with Crippen molar-refractivity contribution in [3.63, 3.8) is 0 Å². The fourth-order valence-electron chi connectivity index (χ4n) is 1.79. The number of benzene rings is 1. The molecule has 0 saturated carbocycles. The van der Waals surface area contributed by atoms with Crippen LogP contribution in [0.4, 0.5) is 4.39 Å². The smallest absolute Gasteiger partial charge is 0.124 e. The summed E-state index contributed by atoms with van der Waals surface area (Å²) in [6.07, 6.45) is 0. The second-order valence-corrected chi connectivity index (χ2v) is 5.04. The molecule has 1 rings (SSSR count). The first-order valence-corrected chi connectivity index (χ1v) is 6.78. The van der Waals surface area contributed by atoms with Crippen LogP contribution in [0.3, 0.4) is 0 Å². The van der Waals surface area contributed by atoms with Gasteiger partial charge >= 0.3 is 0 Å². The third-order valence-corrected chi connectivity index (χ3v) is 3.38. The van der Waals surface area contributed by atoms with Crippen molar-refractivity contribution < 1.29 is 9.13 Å². The summed E-state index contributed by atoms with van der Waals surface area (Å²) in [5, 5.41) is 3.84. The fraction of sp³-hybridized carbons (Fsp3) is 0.571. The number of ether oxygens (including phenoxy) is 1. The summed E-state index contributed by atoms with van der Waals surface area (Å²) in [7, 11) is 3.75. The lowest BCUT2D eigenvalue weighted by Crippen LogP contribution is -2.32. The van der Waals surface area contributed by atoms with Crippen LogP contribution in [0.15, 0.2) is 18.2 Å². The number of likely N-dealkylation sites (N-methyl/N-ethyl adjacent to an activating group) is 1. The Morgan fingerprint density at radius 1 is 1.42 bits per heavy atom. The van der Waals surface area contributed by atoms with E-state index in [4.69, 9.17) is 16.3 Å². The number of halogens is 2. The molecule has 0 aliphatic rings. The average molecular weight is 289 g/mol. The summed E-state index contributed by atoms with van der Waals surface area (Å²) in [5.41, 5.74) is 0.919. The molecule has 0 heterocycles. The van der Waals surface area contributed by atoms with Crippen molar-refractivity contribution in [1.29, 1.82) is 0 Å². The summed E-state index contributed by atoms with van der Waals surface area (Å²) >= 11 is 6.03. The maximum atomic E-state index is 13.0. The normalized spacial score (nSPS) is 12.9. The van der Waals surface area contributed by atoms with Crippen LogP contribution in [0.2, 0.25) is 5.02 Å². The van der Waals surface area contributed by atoms with Gasteiger partial charge in [0.15, 0.2) is 0 Å². The van der Waals surface area contributed by atoms with E-state index in [1.165, 1.54) is 12.1 Å². The standard InChI is InChI=1S/C14H22ClFN2O/c1-11(13-5-4-12(16)10-14(13)15)17-6-7-18(2)8-9-19-3/h4-5,10-11,17H,6-9H2,1-3H3. The minimum Gasteiger partial charge on any atom is -0.383 e. The first-order chi connectivity index (χ1) is 9.04. The van der Waals surface area contributed by atoms with Gasteiger partial charge in [-0.3, -0.25) is 0 Å². The topological polar surface area (TPSA) is 24.5 Å². The number of rotatable bonds is 8. The molecule has 108 valence electrons. The van der Waals surface area contributed by atoms with E-state index in [0.717, 1.165) is 31.8 Å². The molecule has 0 spiro atoms. The molecule has 0 aliphatic carbocycles. The Morgan fingerprint density at radius 3 is 2.79 bits per heavy atom. The SMILES string of the molecule is COCCN(C)CCNC(C)c1ccc(F)cc1Cl. The maximum Gasteiger partial charge on any atom is 0.124 e. The molecule has 3 nitrogen and oxygen atoms in total. The fourth-order valence-corrected chi connectivity index (χ4v) is 2.12. The van der Waals surface area contributed by atoms with Crippen LogP contribution in [-0.4, -0.2) is 45.3 Å². The molecule has 1 aromatic carbocycles. The highest BCUT2D eigenvalue weighted by atomic mass is 35.5. The Kier molecular flexibility index (Phi) is 7.31. The number of hydrogen-bond acceptors (Lipinski definition) is 3. The molecule has 0 bridgehead atoms. The van der Waals surface area contributed by atoms with Crippen molar-refractivity contribution in [2.24, 2.45) is 0 Å². The van der Waals surface area contributed by atoms with E-state index in [-0.39, 0.29) is 11.9 Å². The quantitative estimate of drug-likeness (QED) is 0.796. The van der Waals surface area contributed by atoms with Gasteiger partial charge in [-0.1, -0.05) is 17.7 Å².